The number of hydrogen-bond acceptors (Lipinski definition) is 3. The molecule has 0 aromatic heterocycles. The van der Waals surface area contributed by atoms with Gasteiger partial charge in [0.15, 0.2) is 0 Å². The molecule has 1 unspecified atom stereocenters. The highest BCUT2D eigenvalue weighted by atomic mass is 32.2. The zero-order valence-corrected chi connectivity index (χ0v) is 11.4. The molecule has 2 rings (SSSR count). The first-order valence-electron chi connectivity index (χ1n) is 6.29. The highest BCUT2D eigenvalue weighted by Crippen LogP contribution is 2.33. The van der Waals surface area contributed by atoms with Crippen LogP contribution in [0.3, 0.4) is 0 Å². The maximum Gasteiger partial charge on any atom is 0.216 e. The molecule has 3 N–H and O–H groups in total. The summed E-state index contributed by atoms with van der Waals surface area (Å²) >= 11 is 0. The third-order valence-corrected chi connectivity index (χ3v) is 4.55. The molecule has 100 valence electrons. The van der Waals surface area contributed by atoms with Gasteiger partial charge in [0.1, 0.15) is 0 Å². The van der Waals surface area contributed by atoms with Crippen molar-refractivity contribution in [3.05, 3.63) is 29.8 Å². The van der Waals surface area contributed by atoms with Crippen molar-refractivity contribution in [1.29, 1.82) is 0 Å². The predicted octanol–water partition coefficient (Wildman–Crippen LogP) is 1.88. The Hall–Kier alpha value is -1.07. The summed E-state index contributed by atoms with van der Waals surface area (Å²) < 4.78 is 26.7. The third-order valence-electron chi connectivity index (χ3n) is 3.07. The van der Waals surface area contributed by atoms with Crippen LogP contribution in [0.25, 0.3) is 0 Å². The van der Waals surface area contributed by atoms with Gasteiger partial charge in [0.05, 0.1) is 5.75 Å². The van der Waals surface area contributed by atoms with Gasteiger partial charge < -0.3 is 5.73 Å². The molecule has 1 aliphatic carbocycles. The van der Waals surface area contributed by atoms with Crippen molar-refractivity contribution >= 4 is 15.7 Å². The van der Waals surface area contributed by atoms with Crippen molar-refractivity contribution in [2.24, 2.45) is 5.92 Å². The van der Waals surface area contributed by atoms with Gasteiger partial charge >= 0.3 is 0 Å². The summed E-state index contributed by atoms with van der Waals surface area (Å²) in [5.41, 5.74) is 6.95. The molecule has 0 spiro atoms. The van der Waals surface area contributed by atoms with E-state index in [0.29, 0.717) is 5.69 Å². The SMILES string of the molecule is CC(CC1CC1)NS(=O)(=O)Cc1cccc(N)c1. The molecule has 1 atom stereocenters. The smallest absolute Gasteiger partial charge is 0.216 e. The zero-order valence-electron chi connectivity index (χ0n) is 10.6. The topological polar surface area (TPSA) is 72.2 Å². The molecule has 18 heavy (non-hydrogen) atoms. The van der Waals surface area contributed by atoms with Crippen LogP contribution in [0.1, 0.15) is 31.7 Å². The van der Waals surface area contributed by atoms with Crippen LogP contribution >= 0.6 is 0 Å². The van der Waals surface area contributed by atoms with Crippen molar-refractivity contribution < 1.29 is 8.42 Å². The predicted molar refractivity (Wildman–Crippen MR) is 73.4 cm³/mol. The fraction of sp³-hybridized carbons (Fsp3) is 0.538. The largest absolute Gasteiger partial charge is 0.399 e. The third kappa shape index (κ3) is 4.31. The van der Waals surface area contributed by atoms with E-state index in [2.05, 4.69) is 4.72 Å². The highest BCUT2D eigenvalue weighted by Gasteiger charge is 2.25. The molecule has 1 saturated carbocycles. The molecule has 0 amide bonds. The lowest BCUT2D eigenvalue weighted by Crippen LogP contribution is -2.33. The summed E-state index contributed by atoms with van der Waals surface area (Å²) in [6.07, 6.45) is 3.42. The van der Waals surface area contributed by atoms with E-state index in [1.54, 1.807) is 24.3 Å². The molecule has 0 aliphatic heterocycles. The van der Waals surface area contributed by atoms with Gasteiger partial charge in [0, 0.05) is 11.7 Å². The minimum atomic E-state index is -3.27. The molecule has 1 fully saturated rings. The number of anilines is 1. The van der Waals surface area contributed by atoms with Crippen LogP contribution in [0.4, 0.5) is 5.69 Å². The molecule has 1 aromatic carbocycles. The standard InChI is InChI=1S/C13H20N2O2S/c1-10(7-11-5-6-11)15-18(16,17)9-12-3-2-4-13(14)8-12/h2-4,8,10-11,15H,5-7,9,14H2,1H3. The Morgan fingerprint density at radius 1 is 1.44 bits per heavy atom. The van der Waals surface area contributed by atoms with E-state index in [4.69, 9.17) is 5.73 Å². The summed E-state index contributed by atoms with van der Waals surface area (Å²) in [6, 6.07) is 7.02. The number of hydrogen-bond donors (Lipinski definition) is 2. The second-order valence-corrected chi connectivity index (χ2v) is 6.96. The molecule has 0 bridgehead atoms. The minimum absolute atomic E-state index is 0.00690. The first-order valence-corrected chi connectivity index (χ1v) is 7.94. The van der Waals surface area contributed by atoms with Gasteiger partial charge in [-0.1, -0.05) is 25.0 Å². The van der Waals surface area contributed by atoms with Crippen LogP contribution in [-0.4, -0.2) is 14.5 Å². The number of sulfonamides is 1. The summed E-state index contributed by atoms with van der Waals surface area (Å²) in [4.78, 5) is 0. The van der Waals surface area contributed by atoms with Gasteiger partial charge in [-0.2, -0.15) is 0 Å². The normalized spacial score (nSPS) is 17.6. The maximum absolute atomic E-state index is 12.0. The molecule has 0 heterocycles. The van der Waals surface area contributed by atoms with E-state index in [9.17, 15) is 8.42 Å². The van der Waals surface area contributed by atoms with E-state index in [1.165, 1.54) is 12.8 Å². The summed E-state index contributed by atoms with van der Waals surface area (Å²) in [5, 5.41) is 0. The number of nitrogens with two attached hydrogens (primary N) is 1. The Morgan fingerprint density at radius 3 is 2.78 bits per heavy atom. The minimum Gasteiger partial charge on any atom is -0.399 e. The van der Waals surface area contributed by atoms with Crippen LogP contribution in [0, 0.1) is 5.92 Å². The maximum atomic E-state index is 12.0. The molecular weight excluding hydrogens is 248 g/mol. The Balaban J connectivity index is 1.93. The van der Waals surface area contributed by atoms with Gasteiger partial charge in [-0.3, -0.25) is 0 Å². The van der Waals surface area contributed by atoms with Crippen LogP contribution in [-0.2, 0) is 15.8 Å². The Bertz CT molecular complexity index is 509. The van der Waals surface area contributed by atoms with Crippen molar-refractivity contribution in [2.75, 3.05) is 5.73 Å². The molecular formula is C13H20N2O2S. The van der Waals surface area contributed by atoms with E-state index in [-0.39, 0.29) is 11.8 Å². The van der Waals surface area contributed by atoms with Gasteiger partial charge in [-0.25, -0.2) is 13.1 Å². The molecule has 1 aliphatic rings. The van der Waals surface area contributed by atoms with E-state index < -0.39 is 10.0 Å². The lowest BCUT2D eigenvalue weighted by atomic mass is 10.2. The van der Waals surface area contributed by atoms with Gasteiger partial charge in [-0.05, 0) is 37.0 Å². The lowest BCUT2D eigenvalue weighted by Gasteiger charge is -2.13. The summed E-state index contributed by atoms with van der Waals surface area (Å²) in [6.45, 7) is 1.93. The van der Waals surface area contributed by atoms with Crippen LogP contribution in [0.15, 0.2) is 24.3 Å². The van der Waals surface area contributed by atoms with Gasteiger partial charge in [0.25, 0.3) is 0 Å². The average molecular weight is 268 g/mol. The van der Waals surface area contributed by atoms with Crippen molar-refractivity contribution in [2.45, 2.75) is 38.0 Å². The molecule has 0 saturated heterocycles. The fourth-order valence-electron chi connectivity index (χ4n) is 2.15. The Kier molecular flexibility index (Phi) is 3.92. The first kappa shape index (κ1) is 13.4. The average Bonchev–Trinajstić information content (AvgIpc) is 2.99. The van der Waals surface area contributed by atoms with Crippen LogP contribution in [0.5, 0.6) is 0 Å². The van der Waals surface area contributed by atoms with Gasteiger partial charge in [0.2, 0.25) is 10.0 Å². The molecule has 1 aromatic rings. The van der Waals surface area contributed by atoms with E-state index in [1.807, 2.05) is 6.92 Å². The van der Waals surface area contributed by atoms with E-state index >= 15 is 0 Å². The number of nitrogen functional groups attached to an aromatic ring is 1. The van der Waals surface area contributed by atoms with E-state index in [0.717, 1.165) is 17.9 Å². The number of benzene rings is 1. The second kappa shape index (κ2) is 5.28. The quantitative estimate of drug-likeness (QED) is 0.774. The second-order valence-electron chi connectivity index (χ2n) is 5.20. The van der Waals surface area contributed by atoms with Crippen molar-refractivity contribution in [3.8, 4) is 0 Å². The molecule has 5 heteroatoms. The Labute approximate surface area is 109 Å². The van der Waals surface area contributed by atoms with Crippen molar-refractivity contribution in [3.63, 3.8) is 0 Å². The number of rotatable bonds is 6. The van der Waals surface area contributed by atoms with Crippen molar-refractivity contribution in [1.82, 2.24) is 4.72 Å². The summed E-state index contributed by atoms with van der Waals surface area (Å²) in [5.74, 6) is 0.711. The number of nitrogens with one attached hydrogen (secondary N) is 1. The molecule has 0 radical (unpaired) electrons. The Morgan fingerprint density at radius 2 is 2.17 bits per heavy atom. The van der Waals surface area contributed by atoms with Crippen LogP contribution in [0.2, 0.25) is 0 Å². The van der Waals surface area contributed by atoms with Crippen LogP contribution < -0.4 is 10.5 Å². The first-order chi connectivity index (χ1) is 8.44. The summed E-state index contributed by atoms with van der Waals surface area (Å²) in [7, 11) is -3.27. The monoisotopic (exact) mass is 268 g/mol. The lowest BCUT2D eigenvalue weighted by molar-refractivity contribution is 0.529. The van der Waals surface area contributed by atoms with Gasteiger partial charge in [-0.15, -0.1) is 0 Å². The highest BCUT2D eigenvalue weighted by molar-refractivity contribution is 7.88. The molecule has 4 nitrogen and oxygen atoms in total. The fourth-order valence-corrected chi connectivity index (χ4v) is 3.56. The zero-order chi connectivity index (χ0) is 13.2.